The molecule has 1 fully saturated rings. The molecule has 1 amide bonds. The Hall–Kier alpha value is -1.64. The van der Waals surface area contributed by atoms with Crippen LogP contribution in [0.5, 0.6) is 0 Å². The van der Waals surface area contributed by atoms with Gasteiger partial charge in [0.25, 0.3) is 0 Å². The van der Waals surface area contributed by atoms with E-state index >= 15 is 0 Å². The minimum atomic E-state index is 0.143. The van der Waals surface area contributed by atoms with Crippen molar-refractivity contribution >= 4 is 11.7 Å². The van der Waals surface area contributed by atoms with Crippen LogP contribution in [0.1, 0.15) is 20.3 Å². The summed E-state index contributed by atoms with van der Waals surface area (Å²) >= 11 is 0. The zero-order chi connectivity index (χ0) is 10.8. The highest BCUT2D eigenvalue weighted by molar-refractivity contribution is 5.97. The van der Waals surface area contributed by atoms with Crippen LogP contribution in [-0.2, 0) is 4.79 Å². The van der Waals surface area contributed by atoms with Crippen LogP contribution >= 0.6 is 0 Å². The standard InChI is InChI=1S/C12H14N2O/c1-9(2)10-7-12(15)14(8-10)11-5-3-4-6-13-11/h3-6H,7-8H2,1-2H3. The summed E-state index contributed by atoms with van der Waals surface area (Å²) in [5.41, 5.74) is 2.45. The summed E-state index contributed by atoms with van der Waals surface area (Å²) in [5, 5.41) is 0. The van der Waals surface area contributed by atoms with Crippen molar-refractivity contribution in [1.29, 1.82) is 0 Å². The number of rotatable bonds is 1. The van der Waals surface area contributed by atoms with Crippen LogP contribution in [0, 0.1) is 0 Å². The lowest BCUT2D eigenvalue weighted by atomic mass is 10.1. The smallest absolute Gasteiger partial charge is 0.232 e. The van der Waals surface area contributed by atoms with Gasteiger partial charge in [0, 0.05) is 12.7 Å². The van der Waals surface area contributed by atoms with Gasteiger partial charge < -0.3 is 0 Å². The largest absolute Gasteiger partial charge is 0.292 e. The molecule has 0 saturated carbocycles. The molecule has 1 aliphatic rings. The van der Waals surface area contributed by atoms with Crippen molar-refractivity contribution in [1.82, 2.24) is 4.98 Å². The number of nitrogens with zero attached hydrogens (tertiary/aromatic N) is 2. The fourth-order valence-corrected chi connectivity index (χ4v) is 1.67. The van der Waals surface area contributed by atoms with E-state index in [1.165, 1.54) is 11.1 Å². The molecule has 15 heavy (non-hydrogen) atoms. The summed E-state index contributed by atoms with van der Waals surface area (Å²) in [7, 11) is 0. The van der Waals surface area contributed by atoms with E-state index in [2.05, 4.69) is 4.98 Å². The molecule has 0 spiro atoms. The van der Waals surface area contributed by atoms with Gasteiger partial charge in [-0.2, -0.15) is 0 Å². The first-order chi connectivity index (χ1) is 7.18. The molecule has 1 aromatic rings. The zero-order valence-electron chi connectivity index (χ0n) is 9.03. The quantitative estimate of drug-likeness (QED) is 0.654. The summed E-state index contributed by atoms with van der Waals surface area (Å²) < 4.78 is 0. The third kappa shape index (κ3) is 1.91. The van der Waals surface area contributed by atoms with Crippen molar-refractivity contribution < 1.29 is 4.79 Å². The SMILES string of the molecule is CC(C)=C1CC(=O)N(c2ccccn2)C1. The molecular formula is C12H14N2O. The van der Waals surface area contributed by atoms with Crippen LogP contribution in [-0.4, -0.2) is 17.4 Å². The van der Waals surface area contributed by atoms with Crippen LogP contribution in [0.4, 0.5) is 5.82 Å². The lowest BCUT2D eigenvalue weighted by Crippen LogP contribution is -2.24. The first-order valence-corrected chi connectivity index (χ1v) is 5.05. The maximum absolute atomic E-state index is 11.7. The van der Waals surface area contributed by atoms with Crippen LogP contribution in [0.25, 0.3) is 0 Å². The second-order valence-electron chi connectivity index (χ2n) is 3.95. The maximum Gasteiger partial charge on any atom is 0.232 e. The minimum absolute atomic E-state index is 0.143. The first kappa shape index (κ1) is 9.90. The maximum atomic E-state index is 11.7. The van der Waals surface area contributed by atoms with Gasteiger partial charge in [-0.05, 0) is 31.6 Å². The van der Waals surface area contributed by atoms with Crippen molar-refractivity contribution in [3.05, 3.63) is 35.5 Å². The van der Waals surface area contributed by atoms with Crippen LogP contribution in [0.15, 0.2) is 35.5 Å². The average molecular weight is 202 g/mol. The monoisotopic (exact) mass is 202 g/mol. The van der Waals surface area contributed by atoms with E-state index in [-0.39, 0.29) is 5.91 Å². The van der Waals surface area contributed by atoms with Gasteiger partial charge in [-0.3, -0.25) is 9.69 Å². The van der Waals surface area contributed by atoms with E-state index in [0.29, 0.717) is 13.0 Å². The Morgan fingerprint density at radius 2 is 2.20 bits per heavy atom. The molecule has 0 atom stereocenters. The summed E-state index contributed by atoms with van der Waals surface area (Å²) in [4.78, 5) is 17.7. The van der Waals surface area contributed by atoms with Crippen molar-refractivity contribution in [2.24, 2.45) is 0 Å². The third-order valence-corrected chi connectivity index (χ3v) is 2.65. The molecule has 0 unspecified atom stereocenters. The zero-order valence-corrected chi connectivity index (χ0v) is 9.03. The number of anilines is 1. The highest BCUT2D eigenvalue weighted by atomic mass is 16.2. The van der Waals surface area contributed by atoms with Crippen molar-refractivity contribution in [2.45, 2.75) is 20.3 Å². The average Bonchev–Trinajstić information content (AvgIpc) is 2.62. The van der Waals surface area contributed by atoms with Crippen molar-refractivity contribution in [3.8, 4) is 0 Å². The van der Waals surface area contributed by atoms with Gasteiger partial charge >= 0.3 is 0 Å². The lowest BCUT2D eigenvalue weighted by molar-refractivity contribution is -0.116. The molecule has 78 valence electrons. The topological polar surface area (TPSA) is 33.2 Å². The number of hydrogen-bond acceptors (Lipinski definition) is 2. The Kier molecular flexibility index (Phi) is 2.54. The number of carbonyl (C=O) groups excluding carboxylic acids is 1. The predicted octanol–water partition coefficient (Wildman–Crippen LogP) is 2.15. The second kappa shape index (κ2) is 3.85. The molecule has 2 rings (SSSR count). The summed E-state index contributed by atoms with van der Waals surface area (Å²) in [6.45, 7) is 4.78. The van der Waals surface area contributed by atoms with E-state index in [4.69, 9.17) is 0 Å². The van der Waals surface area contributed by atoms with E-state index in [1.807, 2.05) is 32.0 Å². The number of allylic oxidation sites excluding steroid dienone is 1. The number of hydrogen-bond donors (Lipinski definition) is 0. The number of amides is 1. The molecule has 0 bridgehead atoms. The first-order valence-electron chi connectivity index (χ1n) is 5.05. The fourth-order valence-electron chi connectivity index (χ4n) is 1.67. The minimum Gasteiger partial charge on any atom is -0.292 e. The third-order valence-electron chi connectivity index (χ3n) is 2.65. The molecule has 0 aliphatic carbocycles. The Labute approximate surface area is 89.4 Å². The highest BCUT2D eigenvalue weighted by Gasteiger charge is 2.26. The van der Waals surface area contributed by atoms with Crippen LogP contribution < -0.4 is 4.90 Å². The fraction of sp³-hybridized carbons (Fsp3) is 0.333. The molecule has 3 nitrogen and oxygen atoms in total. The summed E-state index contributed by atoms with van der Waals surface area (Å²) in [6, 6.07) is 5.62. The highest BCUT2D eigenvalue weighted by Crippen LogP contribution is 2.24. The van der Waals surface area contributed by atoms with Gasteiger partial charge in [0.15, 0.2) is 0 Å². The van der Waals surface area contributed by atoms with E-state index in [0.717, 1.165) is 5.82 Å². The van der Waals surface area contributed by atoms with Gasteiger partial charge in [-0.1, -0.05) is 11.6 Å². The molecule has 1 saturated heterocycles. The lowest BCUT2D eigenvalue weighted by Gasteiger charge is -2.13. The molecule has 1 aliphatic heterocycles. The number of pyridine rings is 1. The van der Waals surface area contributed by atoms with E-state index in [9.17, 15) is 4.79 Å². The van der Waals surface area contributed by atoms with Crippen LogP contribution in [0.3, 0.4) is 0 Å². The van der Waals surface area contributed by atoms with Gasteiger partial charge in [0.05, 0.1) is 6.42 Å². The Morgan fingerprint density at radius 1 is 1.40 bits per heavy atom. The second-order valence-corrected chi connectivity index (χ2v) is 3.95. The molecule has 0 aromatic carbocycles. The van der Waals surface area contributed by atoms with Gasteiger partial charge in [-0.15, -0.1) is 0 Å². The Morgan fingerprint density at radius 3 is 2.73 bits per heavy atom. The van der Waals surface area contributed by atoms with Gasteiger partial charge in [0.1, 0.15) is 5.82 Å². The van der Waals surface area contributed by atoms with Crippen molar-refractivity contribution in [2.75, 3.05) is 11.4 Å². The molecule has 2 heterocycles. The summed E-state index contributed by atoms with van der Waals surface area (Å²) in [5.74, 6) is 0.892. The molecular weight excluding hydrogens is 188 g/mol. The van der Waals surface area contributed by atoms with Crippen molar-refractivity contribution in [3.63, 3.8) is 0 Å². The number of carbonyl (C=O) groups is 1. The molecule has 0 radical (unpaired) electrons. The van der Waals surface area contributed by atoms with E-state index < -0.39 is 0 Å². The normalized spacial score (nSPS) is 16.0. The molecule has 3 heteroatoms. The Bertz CT molecular complexity index is 405. The van der Waals surface area contributed by atoms with Gasteiger partial charge in [-0.25, -0.2) is 4.98 Å². The van der Waals surface area contributed by atoms with E-state index in [1.54, 1.807) is 11.1 Å². The summed E-state index contributed by atoms with van der Waals surface area (Å²) in [6.07, 6.45) is 2.25. The number of aromatic nitrogens is 1. The Balaban J connectivity index is 2.27. The molecule has 0 N–H and O–H groups in total. The predicted molar refractivity (Wildman–Crippen MR) is 59.6 cm³/mol. The van der Waals surface area contributed by atoms with Crippen LogP contribution in [0.2, 0.25) is 0 Å². The van der Waals surface area contributed by atoms with Gasteiger partial charge in [0.2, 0.25) is 5.91 Å². The molecule has 1 aromatic heterocycles.